The molecule has 1 N–H and O–H groups in total. The zero-order valence-electron chi connectivity index (χ0n) is 18.5. The fourth-order valence-electron chi connectivity index (χ4n) is 4.75. The van der Waals surface area contributed by atoms with Crippen molar-refractivity contribution in [3.05, 3.63) is 64.6 Å². The summed E-state index contributed by atoms with van der Waals surface area (Å²) in [6.07, 6.45) is 3.41. The van der Waals surface area contributed by atoms with Crippen molar-refractivity contribution in [2.75, 3.05) is 20.1 Å². The molecule has 4 rings (SSSR count). The van der Waals surface area contributed by atoms with Crippen LogP contribution in [0.25, 0.3) is 10.9 Å². The largest absolute Gasteiger partial charge is 0.359 e. The number of pyridine rings is 1. The molecule has 3 aromatic rings. The summed E-state index contributed by atoms with van der Waals surface area (Å²) in [7, 11) is 1.71. The van der Waals surface area contributed by atoms with Gasteiger partial charge in [-0.1, -0.05) is 18.6 Å². The molecule has 0 fully saturated rings. The highest BCUT2D eigenvalue weighted by molar-refractivity contribution is 5.86. The summed E-state index contributed by atoms with van der Waals surface area (Å²) >= 11 is 0. The lowest BCUT2D eigenvalue weighted by atomic mass is 9.95. The maximum atomic E-state index is 12.4. The fourth-order valence-corrected chi connectivity index (χ4v) is 4.75. The van der Waals surface area contributed by atoms with Crippen LogP contribution in [-0.2, 0) is 24.3 Å². The third-order valence-corrected chi connectivity index (χ3v) is 6.45. The second-order valence-electron chi connectivity index (χ2n) is 8.48. The van der Waals surface area contributed by atoms with E-state index in [4.69, 9.17) is 0 Å². The molecule has 0 radical (unpaired) electrons. The molecule has 1 aliphatic rings. The van der Waals surface area contributed by atoms with Crippen LogP contribution < -0.4 is 5.32 Å². The van der Waals surface area contributed by atoms with E-state index in [1.54, 1.807) is 7.05 Å². The number of aryl methyl sites for hydroxylation is 2. The van der Waals surface area contributed by atoms with E-state index < -0.39 is 0 Å². The van der Waals surface area contributed by atoms with Gasteiger partial charge in [0.2, 0.25) is 5.91 Å². The van der Waals surface area contributed by atoms with E-state index >= 15 is 0 Å². The van der Waals surface area contributed by atoms with E-state index in [2.05, 4.69) is 63.9 Å². The first-order chi connectivity index (χ1) is 14.5. The SMILES string of the molecule is CCN1CCc2c(n(CC(CC(=O)NC)c3ccnc(C)c3)c3ccc(C)cc23)C1. The topological polar surface area (TPSA) is 50.2 Å². The van der Waals surface area contributed by atoms with Gasteiger partial charge in [-0.3, -0.25) is 14.7 Å². The smallest absolute Gasteiger partial charge is 0.220 e. The molecule has 5 heteroatoms. The van der Waals surface area contributed by atoms with Crippen LogP contribution in [-0.4, -0.2) is 40.5 Å². The highest BCUT2D eigenvalue weighted by Crippen LogP contribution is 2.34. The minimum atomic E-state index is 0.0748. The molecule has 5 nitrogen and oxygen atoms in total. The summed E-state index contributed by atoms with van der Waals surface area (Å²) in [5.41, 5.74) is 7.65. The molecule has 0 bridgehead atoms. The standard InChI is InChI=1S/C25H32N4O/c1-5-28-11-9-21-22-12-17(2)6-7-23(22)29(24(21)16-28)15-20(14-25(30)26-4)19-8-10-27-18(3)13-19/h6-8,10,12-13,20H,5,9,11,14-16H2,1-4H3,(H,26,30). The highest BCUT2D eigenvalue weighted by atomic mass is 16.1. The summed E-state index contributed by atoms with van der Waals surface area (Å²) in [4.78, 5) is 19.2. The number of aromatic nitrogens is 2. The van der Waals surface area contributed by atoms with Crippen LogP contribution in [0.5, 0.6) is 0 Å². The normalized spacial score (nSPS) is 15.2. The Labute approximate surface area is 179 Å². The van der Waals surface area contributed by atoms with Crippen LogP contribution in [0, 0.1) is 13.8 Å². The molecule has 1 aromatic carbocycles. The van der Waals surface area contributed by atoms with Gasteiger partial charge in [0.25, 0.3) is 0 Å². The number of rotatable bonds is 6. The van der Waals surface area contributed by atoms with E-state index in [-0.39, 0.29) is 11.8 Å². The molecule has 1 amide bonds. The summed E-state index contributed by atoms with van der Waals surface area (Å²) < 4.78 is 2.48. The van der Waals surface area contributed by atoms with Gasteiger partial charge in [-0.25, -0.2) is 0 Å². The van der Waals surface area contributed by atoms with Crippen LogP contribution in [0.3, 0.4) is 0 Å². The monoisotopic (exact) mass is 404 g/mol. The van der Waals surface area contributed by atoms with Crippen LogP contribution >= 0.6 is 0 Å². The first kappa shape index (κ1) is 20.6. The van der Waals surface area contributed by atoms with Crippen molar-refractivity contribution < 1.29 is 4.79 Å². The van der Waals surface area contributed by atoms with Gasteiger partial charge in [0, 0.05) is 67.5 Å². The number of nitrogens with one attached hydrogen (secondary N) is 1. The molecule has 0 aliphatic carbocycles. The van der Waals surface area contributed by atoms with E-state index in [1.807, 2.05) is 13.1 Å². The van der Waals surface area contributed by atoms with Gasteiger partial charge in [0.15, 0.2) is 0 Å². The van der Waals surface area contributed by atoms with Gasteiger partial charge < -0.3 is 9.88 Å². The van der Waals surface area contributed by atoms with E-state index in [0.29, 0.717) is 6.42 Å². The first-order valence-corrected chi connectivity index (χ1v) is 11.0. The molecule has 30 heavy (non-hydrogen) atoms. The maximum absolute atomic E-state index is 12.4. The van der Waals surface area contributed by atoms with E-state index in [9.17, 15) is 4.79 Å². The zero-order chi connectivity index (χ0) is 21.3. The summed E-state index contributed by atoms with van der Waals surface area (Å²) in [5.74, 6) is 0.176. The van der Waals surface area contributed by atoms with E-state index in [1.165, 1.54) is 33.3 Å². The molecular weight excluding hydrogens is 372 g/mol. The minimum Gasteiger partial charge on any atom is -0.359 e. The third-order valence-electron chi connectivity index (χ3n) is 6.45. The molecule has 1 aliphatic heterocycles. The predicted molar refractivity (Wildman–Crippen MR) is 122 cm³/mol. The molecule has 1 atom stereocenters. The Hall–Kier alpha value is -2.66. The quantitative estimate of drug-likeness (QED) is 0.677. The van der Waals surface area contributed by atoms with Crippen molar-refractivity contribution in [3.8, 4) is 0 Å². The molecule has 2 aromatic heterocycles. The molecule has 158 valence electrons. The summed E-state index contributed by atoms with van der Waals surface area (Å²) in [6.45, 7) is 10.3. The maximum Gasteiger partial charge on any atom is 0.220 e. The lowest BCUT2D eigenvalue weighted by Gasteiger charge is -2.28. The average Bonchev–Trinajstić information content (AvgIpc) is 3.05. The van der Waals surface area contributed by atoms with Crippen LogP contribution in [0.4, 0.5) is 0 Å². The first-order valence-electron chi connectivity index (χ1n) is 11.0. The number of fused-ring (bicyclic) bond motifs is 3. The van der Waals surface area contributed by atoms with Gasteiger partial charge in [-0.05, 0) is 62.2 Å². The predicted octanol–water partition coefficient (Wildman–Crippen LogP) is 3.95. The van der Waals surface area contributed by atoms with Crippen molar-refractivity contribution in [3.63, 3.8) is 0 Å². The Kier molecular flexibility index (Phi) is 5.91. The molecule has 0 saturated carbocycles. The molecular formula is C25H32N4O. The van der Waals surface area contributed by atoms with Crippen molar-refractivity contribution in [2.24, 2.45) is 0 Å². The molecule has 3 heterocycles. The average molecular weight is 405 g/mol. The number of nitrogens with zero attached hydrogens (tertiary/aromatic N) is 3. The van der Waals surface area contributed by atoms with Gasteiger partial charge in [0.05, 0.1) is 0 Å². The lowest BCUT2D eigenvalue weighted by Crippen LogP contribution is -2.31. The molecule has 0 spiro atoms. The van der Waals surface area contributed by atoms with Gasteiger partial charge in [-0.2, -0.15) is 0 Å². The number of carbonyl (C=O) groups is 1. The number of hydrogen-bond acceptors (Lipinski definition) is 3. The number of amides is 1. The Morgan fingerprint density at radius 3 is 2.80 bits per heavy atom. The Morgan fingerprint density at radius 1 is 1.23 bits per heavy atom. The summed E-state index contributed by atoms with van der Waals surface area (Å²) in [6, 6.07) is 11.0. The van der Waals surface area contributed by atoms with Crippen LogP contribution in [0.15, 0.2) is 36.5 Å². The second-order valence-corrected chi connectivity index (χ2v) is 8.48. The molecule has 1 unspecified atom stereocenters. The number of hydrogen-bond donors (Lipinski definition) is 1. The van der Waals surface area contributed by atoms with E-state index in [0.717, 1.165) is 38.3 Å². The number of benzene rings is 1. The third kappa shape index (κ3) is 3.99. The molecule has 0 saturated heterocycles. The van der Waals surface area contributed by atoms with Crippen molar-refractivity contribution in [1.82, 2.24) is 19.8 Å². The Balaban J connectivity index is 1.81. The summed E-state index contributed by atoms with van der Waals surface area (Å²) in [5, 5.41) is 4.19. The Morgan fingerprint density at radius 2 is 2.07 bits per heavy atom. The minimum absolute atomic E-state index is 0.0748. The lowest BCUT2D eigenvalue weighted by molar-refractivity contribution is -0.121. The fraction of sp³-hybridized carbons (Fsp3) is 0.440. The van der Waals surface area contributed by atoms with Gasteiger partial charge in [-0.15, -0.1) is 0 Å². The van der Waals surface area contributed by atoms with Crippen LogP contribution in [0.2, 0.25) is 0 Å². The second kappa shape index (κ2) is 8.60. The van der Waals surface area contributed by atoms with Crippen LogP contribution in [0.1, 0.15) is 47.3 Å². The number of carbonyl (C=O) groups excluding carboxylic acids is 1. The van der Waals surface area contributed by atoms with Gasteiger partial charge in [0.1, 0.15) is 0 Å². The van der Waals surface area contributed by atoms with Crippen molar-refractivity contribution in [2.45, 2.75) is 52.6 Å². The zero-order valence-corrected chi connectivity index (χ0v) is 18.5. The number of likely N-dealkylation sites (N-methyl/N-ethyl adjacent to an activating group) is 1. The Bertz CT molecular complexity index is 1070. The van der Waals surface area contributed by atoms with Crippen molar-refractivity contribution in [1.29, 1.82) is 0 Å². The van der Waals surface area contributed by atoms with Gasteiger partial charge >= 0.3 is 0 Å². The highest BCUT2D eigenvalue weighted by Gasteiger charge is 2.26. The van der Waals surface area contributed by atoms with Crippen molar-refractivity contribution >= 4 is 16.8 Å².